The Morgan fingerprint density at radius 1 is 0.971 bits per heavy atom. The van der Waals surface area contributed by atoms with Gasteiger partial charge in [-0.05, 0) is 74.5 Å². The van der Waals surface area contributed by atoms with Gasteiger partial charge in [0.15, 0.2) is 17.0 Å². The van der Waals surface area contributed by atoms with Crippen LogP contribution in [0.15, 0.2) is 58.1 Å². The molecular formula is C24H24FN7O2. The molecule has 0 aliphatic carbocycles. The fraction of sp³-hybridized carbons (Fsp3) is 0.292. The summed E-state index contributed by atoms with van der Waals surface area (Å²) in [5, 5.41) is 11.7. The van der Waals surface area contributed by atoms with E-state index in [9.17, 15) is 14.0 Å². The number of likely N-dealkylation sites (tertiary alicyclic amines) is 1. The Kier molecular flexibility index (Phi) is 5.89. The molecule has 1 aliphatic rings. The largest absolute Gasteiger partial charge is 0.384 e. The Morgan fingerprint density at radius 2 is 1.68 bits per heavy atom. The van der Waals surface area contributed by atoms with Crippen molar-refractivity contribution in [3.8, 4) is 17.1 Å². The molecule has 0 bridgehead atoms. The lowest BCUT2D eigenvalue weighted by Gasteiger charge is -2.15. The molecule has 4 aromatic rings. The van der Waals surface area contributed by atoms with Gasteiger partial charge in [0.2, 0.25) is 0 Å². The molecule has 3 heterocycles. The molecular weight excluding hydrogens is 437 g/mol. The van der Waals surface area contributed by atoms with Crippen molar-refractivity contribution in [1.82, 2.24) is 29.2 Å². The van der Waals surface area contributed by atoms with Gasteiger partial charge in [0.25, 0.3) is 5.56 Å². The maximum atomic E-state index is 13.4. The lowest BCUT2D eigenvalue weighted by atomic mass is 10.2. The fourth-order valence-corrected chi connectivity index (χ4v) is 4.15. The third kappa shape index (κ3) is 4.19. The summed E-state index contributed by atoms with van der Waals surface area (Å²) in [7, 11) is 1.37. The smallest absolute Gasteiger partial charge is 0.337 e. The number of halogens is 1. The molecule has 1 aliphatic heterocycles. The molecule has 0 amide bonds. The van der Waals surface area contributed by atoms with Crippen LogP contribution in [-0.4, -0.2) is 55.4 Å². The van der Waals surface area contributed by atoms with Crippen LogP contribution >= 0.6 is 0 Å². The summed E-state index contributed by atoms with van der Waals surface area (Å²) in [5.74, 6) is -0.163. The van der Waals surface area contributed by atoms with Crippen molar-refractivity contribution in [3.63, 3.8) is 0 Å². The van der Waals surface area contributed by atoms with Crippen molar-refractivity contribution < 1.29 is 4.39 Å². The highest BCUT2D eigenvalue weighted by Crippen LogP contribution is 2.19. The average molecular weight is 462 g/mol. The van der Waals surface area contributed by atoms with Gasteiger partial charge in [-0.3, -0.25) is 9.36 Å². The summed E-state index contributed by atoms with van der Waals surface area (Å²) >= 11 is 0. The van der Waals surface area contributed by atoms with E-state index < -0.39 is 17.1 Å². The highest BCUT2D eigenvalue weighted by molar-refractivity contribution is 5.73. The van der Waals surface area contributed by atoms with Crippen LogP contribution < -0.4 is 16.6 Å². The van der Waals surface area contributed by atoms with Crippen molar-refractivity contribution in [1.29, 1.82) is 0 Å². The predicted molar refractivity (Wildman–Crippen MR) is 128 cm³/mol. The zero-order valence-electron chi connectivity index (χ0n) is 18.7. The van der Waals surface area contributed by atoms with Gasteiger partial charge in [0, 0.05) is 31.4 Å². The predicted octanol–water partition coefficient (Wildman–Crippen LogP) is 2.19. The highest BCUT2D eigenvalue weighted by atomic mass is 19.1. The third-order valence-corrected chi connectivity index (χ3v) is 6.05. The van der Waals surface area contributed by atoms with Crippen LogP contribution in [0.1, 0.15) is 12.8 Å². The number of nitrogens with one attached hydrogen (secondary N) is 1. The average Bonchev–Trinajstić information content (AvgIpc) is 3.38. The molecule has 0 spiro atoms. The standard InChI is InChI=1S/C24H24FN7O2/c1-30-23(33)20-22(32(24(30)34)19-10-6-17(25)7-11-19)29-28-21(27-20)16-4-8-18(9-5-16)26-12-15-31-13-2-3-14-31/h4-11,26H,2-3,12-15H2,1H3. The van der Waals surface area contributed by atoms with Gasteiger partial charge in [-0.15, -0.1) is 10.2 Å². The van der Waals surface area contributed by atoms with Crippen molar-refractivity contribution in [2.45, 2.75) is 12.8 Å². The number of anilines is 1. The van der Waals surface area contributed by atoms with Crippen molar-refractivity contribution >= 4 is 16.9 Å². The van der Waals surface area contributed by atoms with Crippen molar-refractivity contribution in [2.75, 3.05) is 31.5 Å². The molecule has 5 rings (SSSR count). The third-order valence-electron chi connectivity index (χ3n) is 6.05. The topological polar surface area (TPSA) is 97.9 Å². The van der Waals surface area contributed by atoms with Gasteiger partial charge < -0.3 is 10.2 Å². The first kappa shape index (κ1) is 21.9. The molecule has 34 heavy (non-hydrogen) atoms. The van der Waals surface area contributed by atoms with Crippen LogP contribution in [0.4, 0.5) is 10.1 Å². The number of hydrogen-bond acceptors (Lipinski definition) is 7. The number of benzene rings is 2. The number of aromatic nitrogens is 5. The van der Waals surface area contributed by atoms with Crippen LogP contribution in [0.5, 0.6) is 0 Å². The Hall–Kier alpha value is -3.92. The van der Waals surface area contributed by atoms with Crippen LogP contribution in [0.3, 0.4) is 0 Å². The molecule has 0 atom stereocenters. The molecule has 10 heteroatoms. The first-order chi connectivity index (χ1) is 16.5. The van der Waals surface area contributed by atoms with Crippen molar-refractivity contribution in [2.24, 2.45) is 7.05 Å². The highest BCUT2D eigenvalue weighted by Gasteiger charge is 2.17. The molecule has 0 saturated carbocycles. The van der Waals surface area contributed by atoms with Crippen LogP contribution in [-0.2, 0) is 7.05 Å². The minimum Gasteiger partial charge on any atom is -0.384 e. The minimum atomic E-state index is -0.614. The summed E-state index contributed by atoms with van der Waals surface area (Å²) in [6.45, 7) is 4.21. The van der Waals surface area contributed by atoms with E-state index in [2.05, 4.69) is 25.4 Å². The minimum absolute atomic E-state index is 0.00393. The number of rotatable bonds is 6. The molecule has 2 aromatic heterocycles. The Labute approximate surface area is 194 Å². The van der Waals surface area contributed by atoms with E-state index in [0.717, 1.165) is 23.3 Å². The second-order valence-corrected chi connectivity index (χ2v) is 8.32. The summed E-state index contributed by atoms with van der Waals surface area (Å²) < 4.78 is 15.5. The van der Waals surface area contributed by atoms with Gasteiger partial charge in [-0.1, -0.05) is 0 Å². The van der Waals surface area contributed by atoms with Gasteiger partial charge in [-0.2, -0.15) is 0 Å². The first-order valence-corrected chi connectivity index (χ1v) is 11.2. The van der Waals surface area contributed by atoms with Crippen LogP contribution in [0.25, 0.3) is 28.2 Å². The number of hydrogen-bond donors (Lipinski definition) is 1. The van der Waals surface area contributed by atoms with E-state index in [0.29, 0.717) is 11.3 Å². The van der Waals surface area contributed by atoms with E-state index in [1.165, 1.54) is 61.8 Å². The van der Waals surface area contributed by atoms with E-state index >= 15 is 0 Å². The fourth-order valence-electron chi connectivity index (χ4n) is 4.15. The Bertz CT molecular complexity index is 1440. The second-order valence-electron chi connectivity index (χ2n) is 8.32. The summed E-state index contributed by atoms with van der Waals surface area (Å²) in [6.07, 6.45) is 2.55. The van der Waals surface area contributed by atoms with E-state index in [1.54, 1.807) is 0 Å². The Morgan fingerprint density at radius 3 is 2.38 bits per heavy atom. The molecule has 2 aromatic carbocycles. The lowest BCUT2D eigenvalue weighted by Crippen LogP contribution is -2.38. The van der Waals surface area contributed by atoms with Gasteiger partial charge in [0.1, 0.15) is 5.82 Å². The molecule has 174 valence electrons. The molecule has 1 fully saturated rings. The van der Waals surface area contributed by atoms with E-state index in [4.69, 9.17) is 0 Å². The van der Waals surface area contributed by atoms with Crippen LogP contribution in [0, 0.1) is 5.82 Å². The quantitative estimate of drug-likeness (QED) is 0.470. The summed E-state index contributed by atoms with van der Waals surface area (Å²) in [4.78, 5) is 32.4. The second kappa shape index (κ2) is 9.14. The molecule has 9 nitrogen and oxygen atoms in total. The van der Waals surface area contributed by atoms with Crippen LogP contribution in [0.2, 0.25) is 0 Å². The maximum absolute atomic E-state index is 13.4. The molecule has 1 N–H and O–H groups in total. The summed E-state index contributed by atoms with van der Waals surface area (Å²) in [6, 6.07) is 12.9. The summed E-state index contributed by atoms with van der Waals surface area (Å²) in [5.41, 5.74) is 0.874. The zero-order valence-corrected chi connectivity index (χ0v) is 18.7. The first-order valence-electron chi connectivity index (χ1n) is 11.2. The van der Waals surface area contributed by atoms with Gasteiger partial charge >= 0.3 is 5.69 Å². The van der Waals surface area contributed by atoms with Gasteiger partial charge in [-0.25, -0.2) is 18.7 Å². The molecule has 1 saturated heterocycles. The van der Waals surface area contributed by atoms with E-state index in [1.807, 2.05) is 24.3 Å². The number of fused-ring (bicyclic) bond motifs is 1. The molecule has 0 unspecified atom stereocenters. The lowest BCUT2D eigenvalue weighted by molar-refractivity contribution is 0.352. The zero-order chi connectivity index (χ0) is 23.7. The maximum Gasteiger partial charge on any atom is 0.337 e. The monoisotopic (exact) mass is 461 g/mol. The van der Waals surface area contributed by atoms with Crippen molar-refractivity contribution in [3.05, 3.63) is 75.2 Å². The SMILES string of the molecule is Cn1c(=O)c2nc(-c3ccc(NCCN4CCCC4)cc3)nnc2n(-c2ccc(F)cc2)c1=O. The van der Waals surface area contributed by atoms with Gasteiger partial charge in [0.05, 0.1) is 5.69 Å². The van der Waals surface area contributed by atoms with E-state index in [-0.39, 0.29) is 17.0 Å². The Balaban J connectivity index is 1.45. The normalized spacial score (nSPS) is 14.1. The molecule has 0 radical (unpaired) electrons. The number of nitrogens with zero attached hydrogens (tertiary/aromatic N) is 6.